The standard InChI is InChI=1S/C19H18BrFN2O2/c1-12(13-5-4-6-15(20)9-13)22-19(25)14-10-18(24)23(11-14)17-8-3-2-7-16(17)21/h2-9,12,14H,10-11H2,1H3,(H,22,25)/t12-,14+/m0/s1. The molecule has 0 aromatic heterocycles. The SMILES string of the molecule is C[C@H](NC(=O)[C@@H]1CC(=O)N(c2ccccc2F)C1)c1cccc(Br)c1. The minimum Gasteiger partial charge on any atom is -0.349 e. The molecule has 1 heterocycles. The Hall–Kier alpha value is -2.21. The van der Waals surface area contributed by atoms with Gasteiger partial charge in [-0.15, -0.1) is 0 Å². The highest BCUT2D eigenvalue weighted by Crippen LogP contribution is 2.28. The van der Waals surface area contributed by atoms with Crippen LogP contribution >= 0.6 is 15.9 Å². The minimum atomic E-state index is -0.485. The van der Waals surface area contributed by atoms with E-state index in [0.29, 0.717) is 0 Å². The second-order valence-electron chi connectivity index (χ2n) is 6.14. The van der Waals surface area contributed by atoms with Crippen molar-refractivity contribution in [2.45, 2.75) is 19.4 Å². The number of carbonyl (C=O) groups is 2. The molecule has 130 valence electrons. The molecule has 1 N–H and O–H groups in total. The average molecular weight is 405 g/mol. The number of nitrogens with zero attached hydrogens (tertiary/aromatic N) is 1. The van der Waals surface area contributed by atoms with Gasteiger partial charge in [-0.3, -0.25) is 9.59 Å². The first-order chi connectivity index (χ1) is 12.0. The van der Waals surface area contributed by atoms with Crippen molar-refractivity contribution in [3.63, 3.8) is 0 Å². The van der Waals surface area contributed by atoms with Crippen molar-refractivity contribution in [2.24, 2.45) is 5.92 Å². The van der Waals surface area contributed by atoms with Gasteiger partial charge in [0.15, 0.2) is 0 Å². The van der Waals surface area contributed by atoms with Gasteiger partial charge in [-0.25, -0.2) is 4.39 Å². The number of amides is 2. The molecule has 0 aliphatic carbocycles. The van der Waals surface area contributed by atoms with Crippen LogP contribution in [0.5, 0.6) is 0 Å². The molecule has 0 saturated carbocycles. The van der Waals surface area contributed by atoms with Crippen LogP contribution in [0.2, 0.25) is 0 Å². The number of hydrogen-bond donors (Lipinski definition) is 1. The minimum absolute atomic E-state index is 0.0887. The summed E-state index contributed by atoms with van der Waals surface area (Å²) in [7, 11) is 0. The Labute approximate surface area is 154 Å². The molecular weight excluding hydrogens is 387 g/mol. The van der Waals surface area contributed by atoms with Crippen molar-refractivity contribution in [1.82, 2.24) is 5.32 Å². The lowest BCUT2D eigenvalue weighted by Gasteiger charge is -2.19. The molecule has 6 heteroatoms. The summed E-state index contributed by atoms with van der Waals surface area (Å²) in [6, 6.07) is 13.6. The molecule has 1 fully saturated rings. The molecule has 25 heavy (non-hydrogen) atoms. The Bertz CT molecular complexity index is 812. The highest BCUT2D eigenvalue weighted by molar-refractivity contribution is 9.10. The zero-order chi connectivity index (χ0) is 18.0. The lowest BCUT2D eigenvalue weighted by Crippen LogP contribution is -2.34. The van der Waals surface area contributed by atoms with Crippen molar-refractivity contribution in [1.29, 1.82) is 0 Å². The van der Waals surface area contributed by atoms with E-state index < -0.39 is 11.7 Å². The Balaban J connectivity index is 1.68. The van der Waals surface area contributed by atoms with E-state index in [0.717, 1.165) is 10.0 Å². The summed E-state index contributed by atoms with van der Waals surface area (Å²) in [4.78, 5) is 26.1. The maximum Gasteiger partial charge on any atom is 0.227 e. The van der Waals surface area contributed by atoms with Crippen LogP contribution in [-0.4, -0.2) is 18.4 Å². The first kappa shape index (κ1) is 17.6. The topological polar surface area (TPSA) is 49.4 Å². The van der Waals surface area contributed by atoms with Gasteiger partial charge in [0, 0.05) is 17.4 Å². The van der Waals surface area contributed by atoms with Gasteiger partial charge >= 0.3 is 0 Å². The van der Waals surface area contributed by atoms with Crippen LogP contribution in [0.1, 0.15) is 24.9 Å². The average Bonchev–Trinajstić information content (AvgIpc) is 2.97. The van der Waals surface area contributed by atoms with E-state index in [-0.39, 0.29) is 36.5 Å². The molecule has 0 spiro atoms. The summed E-state index contributed by atoms with van der Waals surface area (Å²) < 4.78 is 14.9. The van der Waals surface area contributed by atoms with Crippen molar-refractivity contribution < 1.29 is 14.0 Å². The molecule has 2 aromatic carbocycles. The van der Waals surface area contributed by atoms with Gasteiger partial charge in [-0.1, -0.05) is 40.2 Å². The number of carbonyl (C=O) groups excluding carboxylic acids is 2. The number of hydrogen-bond acceptors (Lipinski definition) is 2. The number of nitrogens with one attached hydrogen (secondary N) is 1. The maximum atomic E-state index is 13.9. The molecular formula is C19H18BrFN2O2. The molecule has 2 aromatic rings. The van der Waals surface area contributed by atoms with E-state index in [2.05, 4.69) is 21.2 Å². The number of anilines is 1. The first-order valence-electron chi connectivity index (χ1n) is 8.06. The van der Waals surface area contributed by atoms with E-state index in [1.807, 2.05) is 31.2 Å². The fourth-order valence-corrected chi connectivity index (χ4v) is 3.39. The molecule has 0 unspecified atom stereocenters. The van der Waals surface area contributed by atoms with Gasteiger partial charge in [0.05, 0.1) is 17.6 Å². The van der Waals surface area contributed by atoms with E-state index in [1.165, 1.54) is 11.0 Å². The molecule has 0 bridgehead atoms. The van der Waals surface area contributed by atoms with E-state index in [4.69, 9.17) is 0 Å². The third-order valence-corrected chi connectivity index (χ3v) is 4.84. The van der Waals surface area contributed by atoms with Gasteiger partial charge in [-0.2, -0.15) is 0 Å². The number of para-hydroxylation sites is 1. The molecule has 2 amide bonds. The highest BCUT2D eigenvalue weighted by Gasteiger charge is 2.36. The number of rotatable bonds is 4. The van der Waals surface area contributed by atoms with Crippen LogP contribution in [0.4, 0.5) is 10.1 Å². The fourth-order valence-electron chi connectivity index (χ4n) is 2.98. The molecule has 2 atom stereocenters. The normalized spacial score (nSPS) is 18.3. The third kappa shape index (κ3) is 3.90. The summed E-state index contributed by atoms with van der Waals surface area (Å²) in [5.74, 6) is -1.37. The van der Waals surface area contributed by atoms with Crippen LogP contribution in [0.15, 0.2) is 53.0 Å². The number of benzene rings is 2. The van der Waals surface area contributed by atoms with Crippen molar-refractivity contribution >= 4 is 33.4 Å². The lowest BCUT2D eigenvalue weighted by atomic mass is 10.1. The van der Waals surface area contributed by atoms with Crippen molar-refractivity contribution in [2.75, 3.05) is 11.4 Å². The van der Waals surface area contributed by atoms with E-state index in [9.17, 15) is 14.0 Å². The predicted molar refractivity (Wildman–Crippen MR) is 97.6 cm³/mol. The Kier molecular flexibility index (Phi) is 5.18. The third-order valence-electron chi connectivity index (χ3n) is 4.35. The Morgan fingerprint density at radius 3 is 2.76 bits per heavy atom. The molecule has 1 saturated heterocycles. The van der Waals surface area contributed by atoms with Gasteiger partial charge < -0.3 is 10.2 Å². The van der Waals surface area contributed by atoms with Gasteiger partial charge in [0.25, 0.3) is 0 Å². The maximum absolute atomic E-state index is 13.9. The van der Waals surface area contributed by atoms with Crippen molar-refractivity contribution in [3.05, 3.63) is 64.4 Å². The Morgan fingerprint density at radius 2 is 2.04 bits per heavy atom. The monoisotopic (exact) mass is 404 g/mol. The first-order valence-corrected chi connectivity index (χ1v) is 8.85. The zero-order valence-corrected chi connectivity index (χ0v) is 15.3. The van der Waals surface area contributed by atoms with Crippen molar-refractivity contribution in [3.8, 4) is 0 Å². The summed E-state index contributed by atoms with van der Waals surface area (Å²) in [6.07, 6.45) is 0.0887. The smallest absolute Gasteiger partial charge is 0.227 e. The van der Waals surface area contributed by atoms with Gasteiger partial charge in [-0.05, 0) is 36.8 Å². The van der Waals surface area contributed by atoms with Crippen LogP contribution in [-0.2, 0) is 9.59 Å². The summed E-state index contributed by atoms with van der Waals surface area (Å²) in [5.41, 5.74) is 1.20. The predicted octanol–water partition coefficient (Wildman–Crippen LogP) is 3.82. The zero-order valence-electron chi connectivity index (χ0n) is 13.7. The van der Waals surface area contributed by atoms with Gasteiger partial charge in [0.2, 0.25) is 11.8 Å². The van der Waals surface area contributed by atoms with Crippen LogP contribution in [0.3, 0.4) is 0 Å². The molecule has 3 rings (SSSR count). The van der Waals surface area contributed by atoms with Crippen LogP contribution in [0, 0.1) is 11.7 Å². The summed E-state index contributed by atoms with van der Waals surface area (Å²) in [5, 5.41) is 2.94. The quantitative estimate of drug-likeness (QED) is 0.841. The highest BCUT2D eigenvalue weighted by atomic mass is 79.9. The second-order valence-corrected chi connectivity index (χ2v) is 7.06. The van der Waals surface area contributed by atoms with E-state index >= 15 is 0 Å². The number of halogens is 2. The molecule has 0 radical (unpaired) electrons. The Morgan fingerprint density at radius 1 is 1.28 bits per heavy atom. The molecule has 1 aliphatic rings. The molecule has 1 aliphatic heterocycles. The van der Waals surface area contributed by atoms with Crippen LogP contribution < -0.4 is 10.2 Å². The summed E-state index contributed by atoms with van der Waals surface area (Å²) >= 11 is 3.41. The summed E-state index contributed by atoms with van der Waals surface area (Å²) in [6.45, 7) is 2.09. The lowest BCUT2D eigenvalue weighted by molar-refractivity contribution is -0.126. The van der Waals surface area contributed by atoms with Gasteiger partial charge in [0.1, 0.15) is 5.82 Å². The second kappa shape index (κ2) is 7.35. The molecule has 4 nitrogen and oxygen atoms in total. The largest absolute Gasteiger partial charge is 0.349 e. The van der Waals surface area contributed by atoms with Crippen LogP contribution in [0.25, 0.3) is 0 Å². The fraction of sp³-hybridized carbons (Fsp3) is 0.263. The van der Waals surface area contributed by atoms with E-state index in [1.54, 1.807) is 18.2 Å².